The van der Waals surface area contributed by atoms with Crippen molar-refractivity contribution in [1.82, 2.24) is 9.97 Å². The Bertz CT molecular complexity index is 479. The van der Waals surface area contributed by atoms with Crippen molar-refractivity contribution in [3.05, 3.63) is 18.1 Å². The maximum absolute atomic E-state index is 5.16. The Labute approximate surface area is 122 Å². The molecule has 5 atom stereocenters. The molecule has 0 aliphatic heterocycles. The summed E-state index contributed by atoms with van der Waals surface area (Å²) in [5.74, 6) is 5.69. The molecule has 1 heterocycles. The van der Waals surface area contributed by atoms with Crippen LogP contribution in [0.5, 0.6) is 5.88 Å². The summed E-state index contributed by atoms with van der Waals surface area (Å²) in [7, 11) is 1.65. The Morgan fingerprint density at radius 1 is 1.32 bits per heavy atom. The lowest BCUT2D eigenvalue weighted by Gasteiger charge is -2.14. The Kier molecular flexibility index (Phi) is 2.83. The highest BCUT2D eigenvalue weighted by atomic mass is 79.9. The van der Waals surface area contributed by atoms with Gasteiger partial charge in [-0.25, -0.2) is 9.97 Å². The lowest BCUT2D eigenvalue weighted by atomic mass is 9.98. The maximum Gasteiger partial charge on any atom is 0.216 e. The zero-order chi connectivity index (χ0) is 13.0. The van der Waals surface area contributed by atoms with Crippen molar-refractivity contribution in [2.75, 3.05) is 7.11 Å². The van der Waals surface area contributed by atoms with Crippen LogP contribution in [0.3, 0.4) is 0 Å². The van der Waals surface area contributed by atoms with Crippen LogP contribution in [0.1, 0.15) is 25.0 Å². The smallest absolute Gasteiger partial charge is 0.216 e. The summed E-state index contributed by atoms with van der Waals surface area (Å²) in [6, 6.07) is 1.96. The van der Waals surface area contributed by atoms with Crippen molar-refractivity contribution in [3.8, 4) is 5.88 Å². The highest BCUT2D eigenvalue weighted by Gasteiger charge is 2.66. The molecule has 0 aromatic carbocycles. The normalized spacial score (nSPS) is 40.0. The molecule has 0 spiro atoms. The quantitative estimate of drug-likeness (QED) is 0.799. The topological polar surface area (TPSA) is 35.0 Å². The average Bonchev–Trinajstić information content (AvgIpc) is 2.88. The van der Waals surface area contributed by atoms with Crippen LogP contribution in [0.25, 0.3) is 0 Å². The number of hydrogen-bond acceptors (Lipinski definition) is 3. The van der Waals surface area contributed by atoms with Crippen LogP contribution in [0, 0.1) is 29.6 Å². The highest BCUT2D eigenvalue weighted by Crippen LogP contribution is 2.71. The van der Waals surface area contributed by atoms with Crippen LogP contribution < -0.4 is 4.74 Å². The minimum absolute atomic E-state index is 0.575. The van der Waals surface area contributed by atoms with E-state index in [1.165, 1.54) is 19.3 Å². The van der Waals surface area contributed by atoms with Crippen LogP contribution in [0.15, 0.2) is 12.4 Å². The Hall–Kier alpha value is -0.640. The number of halogens is 1. The van der Waals surface area contributed by atoms with Crippen LogP contribution in [0.4, 0.5) is 0 Å². The Balaban J connectivity index is 1.43. The van der Waals surface area contributed by atoms with Gasteiger partial charge in [0, 0.05) is 23.0 Å². The summed E-state index contributed by atoms with van der Waals surface area (Å²) in [5, 5.41) is 0. The van der Waals surface area contributed by atoms with Gasteiger partial charge in [-0.1, -0.05) is 15.9 Å². The molecule has 0 saturated heterocycles. The van der Waals surface area contributed by atoms with Gasteiger partial charge in [0.1, 0.15) is 6.33 Å². The monoisotopic (exact) mass is 322 g/mol. The van der Waals surface area contributed by atoms with Crippen molar-refractivity contribution in [2.24, 2.45) is 29.6 Å². The number of ether oxygens (including phenoxy) is 1. The van der Waals surface area contributed by atoms with E-state index in [1.54, 1.807) is 13.4 Å². The van der Waals surface area contributed by atoms with Crippen molar-refractivity contribution >= 4 is 15.9 Å². The summed E-state index contributed by atoms with van der Waals surface area (Å²) < 4.78 is 5.16. The van der Waals surface area contributed by atoms with Gasteiger partial charge >= 0.3 is 0 Å². The molecule has 3 saturated carbocycles. The number of rotatable bonds is 4. The van der Waals surface area contributed by atoms with Crippen molar-refractivity contribution in [3.63, 3.8) is 0 Å². The fraction of sp³-hybridized carbons (Fsp3) is 0.733. The molecular weight excluding hydrogens is 304 g/mol. The molecule has 1 aromatic rings. The molecule has 5 unspecified atom stereocenters. The van der Waals surface area contributed by atoms with Gasteiger partial charge in [0.05, 0.1) is 7.11 Å². The van der Waals surface area contributed by atoms with E-state index in [9.17, 15) is 0 Å². The third-order valence-corrected chi connectivity index (χ3v) is 6.46. The zero-order valence-electron chi connectivity index (χ0n) is 11.1. The molecule has 102 valence electrons. The molecule has 4 rings (SSSR count). The first-order valence-corrected chi connectivity index (χ1v) is 8.18. The first-order valence-electron chi connectivity index (χ1n) is 7.27. The van der Waals surface area contributed by atoms with Gasteiger partial charge < -0.3 is 4.74 Å². The second-order valence-corrected chi connectivity index (χ2v) is 7.51. The third-order valence-electron chi connectivity index (χ3n) is 5.52. The average molecular weight is 323 g/mol. The molecule has 3 nitrogen and oxygen atoms in total. The van der Waals surface area contributed by atoms with E-state index in [-0.39, 0.29) is 0 Å². The molecule has 3 fully saturated rings. The van der Waals surface area contributed by atoms with Crippen molar-refractivity contribution in [2.45, 2.75) is 30.5 Å². The number of hydrogen-bond donors (Lipinski definition) is 0. The molecule has 2 bridgehead atoms. The predicted octanol–water partition coefficient (Wildman–Crippen LogP) is 3.08. The van der Waals surface area contributed by atoms with Crippen LogP contribution in [0.2, 0.25) is 0 Å². The van der Waals surface area contributed by atoms with Gasteiger partial charge in [0.25, 0.3) is 0 Å². The van der Waals surface area contributed by atoms with Gasteiger partial charge in [0.15, 0.2) is 0 Å². The number of nitrogens with zero attached hydrogens (tertiary/aromatic N) is 2. The molecule has 4 heteroatoms. The number of aromatic nitrogens is 2. The Morgan fingerprint density at radius 3 is 2.74 bits per heavy atom. The van der Waals surface area contributed by atoms with Crippen LogP contribution in [-0.4, -0.2) is 21.9 Å². The summed E-state index contributed by atoms with van der Waals surface area (Å²) in [5.41, 5.74) is 1.09. The first kappa shape index (κ1) is 12.1. The van der Waals surface area contributed by atoms with Gasteiger partial charge in [0.2, 0.25) is 5.88 Å². The van der Waals surface area contributed by atoms with Crippen LogP contribution >= 0.6 is 15.9 Å². The summed E-state index contributed by atoms with van der Waals surface area (Å²) in [6.07, 6.45) is 7.10. The predicted molar refractivity (Wildman–Crippen MR) is 76.3 cm³/mol. The lowest BCUT2D eigenvalue weighted by molar-refractivity contribution is 0.395. The summed E-state index contributed by atoms with van der Waals surface area (Å²) in [4.78, 5) is 9.01. The third kappa shape index (κ3) is 1.91. The van der Waals surface area contributed by atoms with Crippen molar-refractivity contribution in [1.29, 1.82) is 0 Å². The van der Waals surface area contributed by atoms with E-state index >= 15 is 0 Å². The summed E-state index contributed by atoms with van der Waals surface area (Å²) in [6.45, 7) is 0. The molecule has 1 aromatic heterocycles. The second-order valence-electron chi connectivity index (χ2n) is 6.34. The number of methoxy groups -OCH3 is 1. The van der Waals surface area contributed by atoms with Gasteiger partial charge in [-0.15, -0.1) is 0 Å². The summed E-state index contributed by atoms with van der Waals surface area (Å²) >= 11 is 3.92. The minimum atomic E-state index is 0.575. The van der Waals surface area contributed by atoms with Gasteiger partial charge in [-0.2, -0.15) is 0 Å². The molecule has 3 aliphatic rings. The highest BCUT2D eigenvalue weighted by molar-refractivity contribution is 9.09. The minimum Gasteiger partial charge on any atom is -0.481 e. The van der Waals surface area contributed by atoms with Crippen molar-refractivity contribution < 1.29 is 4.74 Å². The van der Waals surface area contributed by atoms with E-state index in [1.807, 2.05) is 6.07 Å². The first-order chi connectivity index (χ1) is 9.28. The molecule has 3 aliphatic carbocycles. The molecule has 19 heavy (non-hydrogen) atoms. The van der Waals surface area contributed by atoms with E-state index in [2.05, 4.69) is 25.9 Å². The number of fused-ring (bicyclic) bond motifs is 5. The largest absolute Gasteiger partial charge is 0.481 e. The SMILES string of the molecule is COc1cc(CC(Br)C2C3C4CCC(C4)C23)ncn1. The van der Waals surface area contributed by atoms with E-state index in [0.29, 0.717) is 10.7 Å². The lowest BCUT2D eigenvalue weighted by Crippen LogP contribution is -2.13. The Morgan fingerprint density at radius 2 is 2.05 bits per heavy atom. The fourth-order valence-electron chi connectivity index (χ4n) is 4.81. The van der Waals surface area contributed by atoms with Crippen LogP contribution in [-0.2, 0) is 6.42 Å². The van der Waals surface area contributed by atoms with Gasteiger partial charge in [-0.05, 0) is 48.9 Å². The van der Waals surface area contributed by atoms with E-state index in [0.717, 1.165) is 41.7 Å². The second kappa shape index (κ2) is 4.44. The molecule has 0 radical (unpaired) electrons. The fourth-order valence-corrected chi connectivity index (χ4v) is 5.85. The molecule has 0 N–H and O–H groups in total. The van der Waals surface area contributed by atoms with E-state index in [4.69, 9.17) is 4.74 Å². The van der Waals surface area contributed by atoms with Gasteiger partial charge in [-0.3, -0.25) is 0 Å². The molecular formula is C15H19BrN2O. The zero-order valence-corrected chi connectivity index (χ0v) is 12.7. The maximum atomic E-state index is 5.16. The molecule has 0 amide bonds. The number of alkyl halides is 1. The standard InChI is InChI=1S/C15H19BrN2O/c1-19-12-6-10(17-7-18-12)5-11(16)15-13-8-2-3-9(4-8)14(13)15/h6-9,11,13-15H,2-5H2,1H3. The van der Waals surface area contributed by atoms with E-state index < -0.39 is 0 Å².